The van der Waals surface area contributed by atoms with Gasteiger partial charge in [-0.3, -0.25) is 0 Å². The third-order valence-electron chi connectivity index (χ3n) is 7.71. The van der Waals surface area contributed by atoms with Crippen LogP contribution in [0, 0.1) is 23.2 Å². The van der Waals surface area contributed by atoms with Gasteiger partial charge in [-0.05, 0) is 92.7 Å². The summed E-state index contributed by atoms with van der Waals surface area (Å²) in [4.78, 5) is 0. The Morgan fingerprint density at radius 1 is 1.11 bits per heavy atom. The van der Waals surface area contributed by atoms with Crippen LogP contribution in [0.5, 0.6) is 0 Å². The summed E-state index contributed by atoms with van der Waals surface area (Å²) >= 11 is 5.95. The average Bonchev–Trinajstić information content (AvgIpc) is 2.66. The Labute approximate surface area is 175 Å². The predicted molar refractivity (Wildman–Crippen MR) is 115 cm³/mol. The smallest absolute Gasteiger partial charge is 0.0898 e. The van der Waals surface area contributed by atoms with Crippen molar-refractivity contribution in [1.29, 1.82) is 0 Å². The first kappa shape index (κ1) is 20.7. The number of halogens is 1. The lowest BCUT2D eigenvalue weighted by atomic mass is 9.47. The van der Waals surface area contributed by atoms with E-state index in [2.05, 4.69) is 12.2 Å². The Hall–Kier alpha value is -0.610. The minimum atomic E-state index is -0.474. The maximum Gasteiger partial charge on any atom is 0.0898 e. The molecule has 4 bridgehead atoms. The maximum atomic E-state index is 10.5. The highest BCUT2D eigenvalue weighted by Crippen LogP contribution is 2.61. The van der Waals surface area contributed by atoms with Crippen LogP contribution in [0.1, 0.15) is 70.5 Å². The van der Waals surface area contributed by atoms with E-state index in [9.17, 15) is 5.11 Å². The van der Waals surface area contributed by atoms with Gasteiger partial charge in [-0.1, -0.05) is 30.7 Å². The summed E-state index contributed by atoms with van der Waals surface area (Å²) in [5, 5.41) is 15.0. The third-order valence-corrected chi connectivity index (χ3v) is 7.96. The molecule has 4 aliphatic rings. The second kappa shape index (κ2) is 8.63. The highest BCUT2D eigenvalue weighted by Gasteiger charge is 2.53. The van der Waals surface area contributed by atoms with Crippen LogP contribution in [0.4, 0.5) is 0 Å². The Balaban J connectivity index is 1.26. The molecule has 1 aromatic rings. The molecule has 4 fully saturated rings. The molecule has 4 heteroatoms. The molecule has 3 nitrogen and oxygen atoms in total. The number of hydrogen-bond acceptors (Lipinski definition) is 3. The van der Waals surface area contributed by atoms with Gasteiger partial charge >= 0.3 is 0 Å². The molecular weight excluding hydrogens is 370 g/mol. The van der Waals surface area contributed by atoms with Crippen molar-refractivity contribution in [2.45, 2.75) is 77.0 Å². The van der Waals surface area contributed by atoms with E-state index in [0.717, 1.165) is 34.8 Å². The Morgan fingerprint density at radius 2 is 1.68 bits per heavy atom. The SMILES string of the molecule is CC[C@H](NC[C@@H](O)CO[C@@H](C)c1ccc(Cl)cc1)C12CC3CC(CC(C3)C1)C2. The summed E-state index contributed by atoms with van der Waals surface area (Å²) in [5.41, 5.74) is 1.57. The molecule has 1 aromatic carbocycles. The molecule has 0 aliphatic heterocycles. The first-order valence-electron chi connectivity index (χ1n) is 11.3. The van der Waals surface area contributed by atoms with Gasteiger partial charge in [0.1, 0.15) is 0 Å². The van der Waals surface area contributed by atoms with Gasteiger partial charge in [0, 0.05) is 17.6 Å². The standard InChI is InChI=1S/C24H36ClNO2/c1-3-23(24-11-17-8-18(12-24)10-19(9-17)13-24)26-14-22(27)15-28-16(2)20-4-6-21(25)7-5-20/h4-7,16-19,22-23,26-27H,3,8-15H2,1-2H3/t16-,17?,18?,19?,22+,23-,24?/m0/s1. The van der Waals surface area contributed by atoms with E-state index in [1.807, 2.05) is 31.2 Å². The summed E-state index contributed by atoms with van der Waals surface area (Å²) in [5.74, 6) is 2.90. The van der Waals surface area contributed by atoms with E-state index in [1.54, 1.807) is 0 Å². The van der Waals surface area contributed by atoms with Crippen LogP contribution >= 0.6 is 11.6 Å². The summed E-state index contributed by atoms with van der Waals surface area (Å²) < 4.78 is 5.91. The van der Waals surface area contributed by atoms with E-state index in [0.29, 0.717) is 24.6 Å². The Kier molecular flexibility index (Phi) is 6.37. The van der Waals surface area contributed by atoms with Crippen LogP contribution in [-0.4, -0.2) is 30.4 Å². The van der Waals surface area contributed by atoms with Gasteiger partial charge in [-0.25, -0.2) is 0 Å². The minimum absolute atomic E-state index is 0.0444. The van der Waals surface area contributed by atoms with E-state index >= 15 is 0 Å². The average molecular weight is 406 g/mol. The van der Waals surface area contributed by atoms with Gasteiger partial charge in [-0.15, -0.1) is 0 Å². The molecule has 0 unspecified atom stereocenters. The summed E-state index contributed by atoms with van der Waals surface area (Å²) in [6.07, 6.45) is 9.30. The fraction of sp³-hybridized carbons (Fsp3) is 0.750. The van der Waals surface area contributed by atoms with Gasteiger partial charge in [0.15, 0.2) is 0 Å². The van der Waals surface area contributed by atoms with Crippen LogP contribution in [0.2, 0.25) is 5.02 Å². The van der Waals surface area contributed by atoms with E-state index < -0.39 is 6.10 Å². The first-order chi connectivity index (χ1) is 13.5. The van der Waals surface area contributed by atoms with Gasteiger partial charge in [0.05, 0.1) is 18.8 Å². The molecule has 0 spiro atoms. The molecule has 0 amide bonds. The highest BCUT2D eigenvalue weighted by atomic mass is 35.5. The van der Waals surface area contributed by atoms with Crippen LogP contribution < -0.4 is 5.32 Å². The van der Waals surface area contributed by atoms with Gasteiger partial charge in [0.2, 0.25) is 0 Å². The second-order valence-electron chi connectivity index (χ2n) is 9.83. The number of ether oxygens (including phenoxy) is 1. The van der Waals surface area contributed by atoms with Crippen LogP contribution in [0.15, 0.2) is 24.3 Å². The van der Waals surface area contributed by atoms with Crippen LogP contribution in [0.3, 0.4) is 0 Å². The fourth-order valence-electron chi connectivity index (χ4n) is 6.82. The number of rotatable bonds is 9. The molecule has 5 rings (SSSR count). The van der Waals surface area contributed by atoms with Crippen LogP contribution in [-0.2, 0) is 4.74 Å². The number of hydrogen-bond donors (Lipinski definition) is 2. The Morgan fingerprint density at radius 3 is 2.21 bits per heavy atom. The summed E-state index contributed by atoms with van der Waals surface area (Å²) in [6, 6.07) is 8.26. The number of benzene rings is 1. The normalized spacial score (nSPS) is 34.4. The van der Waals surface area contributed by atoms with E-state index in [1.165, 1.54) is 38.5 Å². The van der Waals surface area contributed by atoms with Crippen molar-refractivity contribution in [3.05, 3.63) is 34.9 Å². The Bertz CT molecular complexity index is 611. The molecule has 156 valence electrons. The quantitative estimate of drug-likeness (QED) is 0.580. The molecule has 3 atom stereocenters. The molecule has 0 saturated heterocycles. The van der Waals surface area contributed by atoms with Crippen molar-refractivity contribution in [2.24, 2.45) is 23.2 Å². The molecule has 2 N–H and O–H groups in total. The minimum Gasteiger partial charge on any atom is -0.389 e. The molecule has 28 heavy (non-hydrogen) atoms. The molecule has 0 aromatic heterocycles. The molecule has 0 heterocycles. The monoisotopic (exact) mass is 405 g/mol. The van der Waals surface area contributed by atoms with Gasteiger partial charge in [0.25, 0.3) is 0 Å². The summed E-state index contributed by atoms with van der Waals surface area (Å²) in [6.45, 7) is 5.30. The van der Waals surface area contributed by atoms with Crippen molar-refractivity contribution >= 4 is 11.6 Å². The zero-order valence-corrected chi connectivity index (χ0v) is 18.1. The van der Waals surface area contributed by atoms with Gasteiger partial charge in [-0.2, -0.15) is 0 Å². The fourth-order valence-corrected chi connectivity index (χ4v) is 6.95. The predicted octanol–water partition coefficient (Wildman–Crippen LogP) is 5.36. The van der Waals surface area contributed by atoms with E-state index in [4.69, 9.17) is 16.3 Å². The maximum absolute atomic E-state index is 10.5. The lowest BCUT2D eigenvalue weighted by Crippen LogP contribution is -2.56. The summed E-state index contributed by atoms with van der Waals surface area (Å²) in [7, 11) is 0. The number of aliphatic hydroxyl groups is 1. The van der Waals surface area contributed by atoms with Crippen LogP contribution in [0.25, 0.3) is 0 Å². The highest BCUT2D eigenvalue weighted by molar-refractivity contribution is 6.30. The van der Waals surface area contributed by atoms with Crippen molar-refractivity contribution in [3.8, 4) is 0 Å². The van der Waals surface area contributed by atoms with Crippen molar-refractivity contribution in [3.63, 3.8) is 0 Å². The number of aliphatic hydroxyl groups excluding tert-OH is 1. The third kappa shape index (κ3) is 4.43. The van der Waals surface area contributed by atoms with Crippen molar-refractivity contribution in [2.75, 3.05) is 13.2 Å². The number of nitrogens with one attached hydrogen (secondary N) is 1. The lowest BCUT2D eigenvalue weighted by molar-refractivity contribution is -0.0773. The lowest BCUT2D eigenvalue weighted by Gasteiger charge is -2.59. The van der Waals surface area contributed by atoms with E-state index in [-0.39, 0.29) is 6.10 Å². The zero-order chi connectivity index (χ0) is 19.7. The largest absolute Gasteiger partial charge is 0.389 e. The molecule has 4 aliphatic carbocycles. The van der Waals surface area contributed by atoms with Crippen molar-refractivity contribution < 1.29 is 9.84 Å². The second-order valence-corrected chi connectivity index (χ2v) is 10.3. The first-order valence-corrected chi connectivity index (χ1v) is 11.6. The van der Waals surface area contributed by atoms with Crippen molar-refractivity contribution in [1.82, 2.24) is 5.32 Å². The zero-order valence-electron chi connectivity index (χ0n) is 17.4. The molecule has 4 saturated carbocycles. The van der Waals surface area contributed by atoms with Gasteiger partial charge < -0.3 is 15.2 Å². The molecule has 0 radical (unpaired) electrons. The molecular formula is C24H36ClNO2. The topological polar surface area (TPSA) is 41.5 Å².